The Morgan fingerprint density at radius 1 is 1.29 bits per heavy atom. The van der Waals surface area contributed by atoms with Gasteiger partial charge in [0.1, 0.15) is 0 Å². The third kappa shape index (κ3) is 3.51. The lowest BCUT2D eigenvalue weighted by atomic mass is 10.3. The van der Waals surface area contributed by atoms with Crippen LogP contribution >= 0.6 is 12.4 Å². The van der Waals surface area contributed by atoms with Crippen molar-refractivity contribution in [3.63, 3.8) is 0 Å². The number of rotatable bonds is 3. The highest BCUT2D eigenvalue weighted by molar-refractivity contribution is 7.86. The van der Waals surface area contributed by atoms with Gasteiger partial charge in [0, 0.05) is 12.2 Å². The van der Waals surface area contributed by atoms with Crippen molar-refractivity contribution in [1.82, 2.24) is 0 Å². The predicted octanol–water partition coefficient (Wildman–Crippen LogP) is 2.20. The summed E-state index contributed by atoms with van der Waals surface area (Å²) in [6.45, 7) is 2.65. The Kier molecular flexibility index (Phi) is 4.87. The van der Waals surface area contributed by atoms with Gasteiger partial charge in [-0.25, -0.2) is 0 Å². The average molecular weight is 240 g/mol. The molecule has 0 bridgehead atoms. The molecule has 0 unspecified atom stereocenters. The molecule has 0 aliphatic heterocycles. The maximum absolute atomic E-state index is 12.4. The van der Waals surface area contributed by atoms with Crippen molar-refractivity contribution in [2.24, 2.45) is 0 Å². The van der Waals surface area contributed by atoms with Crippen molar-refractivity contribution in [2.45, 2.75) is 11.8 Å². The van der Waals surface area contributed by atoms with E-state index < -0.39 is 10.2 Å². The maximum atomic E-state index is 12.4. The molecule has 1 aromatic rings. The molecular weight excluding hydrogens is 229 g/mol. The average Bonchev–Trinajstić information content (AvgIpc) is 2.04. The number of nitrogens with one attached hydrogen (secondary N) is 1. The third-order valence-electron chi connectivity index (χ3n) is 1.52. The monoisotopic (exact) mass is 239 g/mol. The Morgan fingerprint density at radius 2 is 1.79 bits per heavy atom. The van der Waals surface area contributed by atoms with Crippen LogP contribution in [0.25, 0.3) is 0 Å². The standard InChI is InChI=1S/C8H10FNO2S.ClH/c1-2-10-7-3-5-8(6-4-7)13(9,11)12;/h3-6,10H,2H2,1H3;1H. The molecule has 0 aliphatic carbocycles. The molecule has 0 radical (unpaired) electrons. The predicted molar refractivity (Wildman–Crippen MR) is 56.1 cm³/mol. The van der Waals surface area contributed by atoms with E-state index in [0.717, 1.165) is 12.2 Å². The topological polar surface area (TPSA) is 46.2 Å². The summed E-state index contributed by atoms with van der Waals surface area (Å²) in [5.41, 5.74) is 0.773. The molecule has 0 aromatic heterocycles. The van der Waals surface area contributed by atoms with Crippen LogP contribution in [-0.4, -0.2) is 15.0 Å². The maximum Gasteiger partial charge on any atom is 0.332 e. The van der Waals surface area contributed by atoms with Gasteiger partial charge in [0.15, 0.2) is 0 Å². The smallest absolute Gasteiger partial charge is 0.332 e. The van der Waals surface area contributed by atoms with E-state index in [1.165, 1.54) is 24.3 Å². The highest BCUT2D eigenvalue weighted by atomic mass is 35.5. The van der Waals surface area contributed by atoms with Crippen LogP contribution in [0.15, 0.2) is 29.2 Å². The zero-order chi connectivity index (χ0) is 9.90. The Labute approximate surface area is 89.0 Å². The van der Waals surface area contributed by atoms with Crippen LogP contribution in [0.4, 0.5) is 9.57 Å². The largest absolute Gasteiger partial charge is 0.385 e. The van der Waals surface area contributed by atoms with Crippen molar-refractivity contribution in [3.8, 4) is 0 Å². The fourth-order valence-electron chi connectivity index (χ4n) is 0.939. The Morgan fingerprint density at radius 3 is 2.14 bits per heavy atom. The molecule has 1 N–H and O–H groups in total. The SMILES string of the molecule is CCNc1ccc(S(=O)(=O)F)cc1.Cl. The van der Waals surface area contributed by atoms with Gasteiger partial charge in [-0.2, -0.15) is 8.42 Å². The first-order valence-electron chi connectivity index (χ1n) is 3.82. The summed E-state index contributed by atoms with van der Waals surface area (Å²) < 4.78 is 33.2. The lowest BCUT2D eigenvalue weighted by Gasteiger charge is -2.02. The van der Waals surface area contributed by atoms with Gasteiger partial charge < -0.3 is 5.32 Å². The van der Waals surface area contributed by atoms with E-state index in [0.29, 0.717) is 0 Å². The summed E-state index contributed by atoms with van der Waals surface area (Å²) in [6.07, 6.45) is 0. The summed E-state index contributed by atoms with van der Waals surface area (Å²) in [6, 6.07) is 5.51. The molecule has 0 atom stereocenters. The van der Waals surface area contributed by atoms with Crippen molar-refractivity contribution < 1.29 is 12.3 Å². The molecule has 14 heavy (non-hydrogen) atoms. The summed E-state index contributed by atoms with van der Waals surface area (Å²) in [5, 5.41) is 2.97. The normalized spacial score (nSPS) is 10.4. The summed E-state index contributed by atoms with van der Waals surface area (Å²) in [4.78, 5) is -0.311. The Balaban J connectivity index is 0.00000169. The van der Waals surface area contributed by atoms with Crippen LogP contribution in [-0.2, 0) is 10.2 Å². The van der Waals surface area contributed by atoms with E-state index in [9.17, 15) is 12.3 Å². The highest BCUT2D eigenvalue weighted by Crippen LogP contribution is 2.15. The molecule has 0 aliphatic rings. The summed E-state index contributed by atoms with van der Waals surface area (Å²) in [5.74, 6) is 0. The van der Waals surface area contributed by atoms with E-state index in [1.807, 2.05) is 6.92 Å². The fourth-order valence-corrected chi connectivity index (χ4v) is 1.40. The second-order valence-corrected chi connectivity index (χ2v) is 3.84. The van der Waals surface area contributed by atoms with E-state index in [1.54, 1.807) is 0 Å². The van der Waals surface area contributed by atoms with Gasteiger partial charge in [0.25, 0.3) is 0 Å². The van der Waals surface area contributed by atoms with Gasteiger partial charge in [-0.1, -0.05) is 0 Å². The molecule has 0 heterocycles. The van der Waals surface area contributed by atoms with Crippen molar-refractivity contribution in [3.05, 3.63) is 24.3 Å². The lowest BCUT2D eigenvalue weighted by molar-refractivity contribution is 0.552. The Bertz CT molecular complexity index is 377. The zero-order valence-corrected chi connectivity index (χ0v) is 9.16. The fraction of sp³-hybridized carbons (Fsp3) is 0.250. The molecule has 1 rings (SSSR count). The van der Waals surface area contributed by atoms with Crippen molar-refractivity contribution in [2.75, 3.05) is 11.9 Å². The number of anilines is 1. The highest BCUT2D eigenvalue weighted by Gasteiger charge is 2.10. The first-order chi connectivity index (χ1) is 6.04. The molecule has 0 fully saturated rings. The second-order valence-electron chi connectivity index (χ2n) is 2.49. The molecule has 0 spiro atoms. The van der Waals surface area contributed by atoms with E-state index >= 15 is 0 Å². The first-order valence-corrected chi connectivity index (χ1v) is 5.21. The molecule has 0 amide bonds. The van der Waals surface area contributed by atoms with Crippen LogP contribution < -0.4 is 5.32 Å². The minimum absolute atomic E-state index is 0. The number of hydrogen-bond donors (Lipinski definition) is 1. The van der Waals surface area contributed by atoms with Gasteiger partial charge in [-0.15, -0.1) is 16.3 Å². The van der Waals surface area contributed by atoms with Gasteiger partial charge in [-0.05, 0) is 31.2 Å². The van der Waals surface area contributed by atoms with Crippen LogP contribution in [0, 0.1) is 0 Å². The molecule has 0 saturated carbocycles. The van der Waals surface area contributed by atoms with Crippen LogP contribution in [0.3, 0.4) is 0 Å². The van der Waals surface area contributed by atoms with Gasteiger partial charge in [-0.3, -0.25) is 0 Å². The molecular formula is C8H11ClFNO2S. The van der Waals surface area contributed by atoms with Crippen LogP contribution in [0.1, 0.15) is 6.92 Å². The molecule has 0 saturated heterocycles. The molecule has 3 nitrogen and oxygen atoms in total. The van der Waals surface area contributed by atoms with Gasteiger partial charge in [0.2, 0.25) is 0 Å². The van der Waals surface area contributed by atoms with Crippen molar-refractivity contribution >= 4 is 28.3 Å². The van der Waals surface area contributed by atoms with Crippen LogP contribution in [0.2, 0.25) is 0 Å². The number of benzene rings is 1. The van der Waals surface area contributed by atoms with Crippen molar-refractivity contribution in [1.29, 1.82) is 0 Å². The molecule has 80 valence electrons. The number of halogens is 2. The number of hydrogen-bond acceptors (Lipinski definition) is 3. The zero-order valence-electron chi connectivity index (χ0n) is 7.53. The quantitative estimate of drug-likeness (QED) is 0.823. The molecule has 6 heteroatoms. The van der Waals surface area contributed by atoms with Gasteiger partial charge in [0.05, 0.1) is 4.90 Å². The van der Waals surface area contributed by atoms with Crippen LogP contribution in [0.5, 0.6) is 0 Å². The lowest BCUT2D eigenvalue weighted by Crippen LogP contribution is -1.97. The summed E-state index contributed by atoms with van der Waals surface area (Å²) >= 11 is 0. The summed E-state index contributed by atoms with van der Waals surface area (Å²) in [7, 11) is -4.56. The molecule has 1 aromatic carbocycles. The minimum atomic E-state index is -4.56. The Hall–Kier alpha value is -0.810. The third-order valence-corrected chi connectivity index (χ3v) is 2.35. The minimum Gasteiger partial charge on any atom is -0.385 e. The van der Waals surface area contributed by atoms with E-state index in [2.05, 4.69) is 5.32 Å². The second kappa shape index (κ2) is 5.17. The van der Waals surface area contributed by atoms with E-state index in [4.69, 9.17) is 0 Å². The van der Waals surface area contributed by atoms with E-state index in [-0.39, 0.29) is 17.3 Å². The first kappa shape index (κ1) is 13.2. The van der Waals surface area contributed by atoms with Gasteiger partial charge >= 0.3 is 10.2 Å².